The summed E-state index contributed by atoms with van der Waals surface area (Å²) < 4.78 is 28.2. The highest BCUT2D eigenvalue weighted by atomic mass is 32.2. The maximum Gasteiger partial charge on any atom is 0.151 e. The molecule has 0 bridgehead atoms. The van der Waals surface area contributed by atoms with Crippen molar-refractivity contribution in [3.05, 3.63) is 23.2 Å². The summed E-state index contributed by atoms with van der Waals surface area (Å²) in [6.07, 6.45) is 0.711. The first kappa shape index (κ1) is 12.6. The van der Waals surface area contributed by atoms with E-state index >= 15 is 0 Å². The third-order valence-corrected chi connectivity index (χ3v) is 5.03. The lowest BCUT2D eigenvalue weighted by Crippen LogP contribution is -2.32. The number of nitrogens with one attached hydrogen (secondary N) is 1. The number of hydrogen-bond donors (Lipinski definition) is 1. The summed E-state index contributed by atoms with van der Waals surface area (Å²) in [5.74, 6) is 2.36. The number of hydrogen-bond acceptors (Lipinski definition) is 4. The van der Waals surface area contributed by atoms with Crippen molar-refractivity contribution in [3.8, 4) is 0 Å². The monoisotopic (exact) mass is 257 g/mol. The molecule has 96 valence electrons. The van der Waals surface area contributed by atoms with Crippen LogP contribution in [-0.2, 0) is 9.84 Å². The van der Waals surface area contributed by atoms with Gasteiger partial charge in [-0.15, -0.1) is 0 Å². The molecular formula is C12H19NO3S. The zero-order chi connectivity index (χ0) is 12.6. The normalized spacial score (nSPS) is 25.0. The van der Waals surface area contributed by atoms with Crippen LogP contribution in [0.4, 0.5) is 0 Å². The van der Waals surface area contributed by atoms with E-state index in [1.165, 1.54) is 0 Å². The topological polar surface area (TPSA) is 59.3 Å². The van der Waals surface area contributed by atoms with Gasteiger partial charge in [0.15, 0.2) is 9.84 Å². The van der Waals surface area contributed by atoms with Crippen molar-refractivity contribution in [2.75, 3.05) is 11.5 Å². The molecule has 0 radical (unpaired) electrons. The largest absolute Gasteiger partial charge is 0.466 e. The van der Waals surface area contributed by atoms with Gasteiger partial charge < -0.3 is 9.73 Å². The molecule has 1 aromatic heterocycles. The van der Waals surface area contributed by atoms with Gasteiger partial charge >= 0.3 is 0 Å². The molecule has 2 unspecified atom stereocenters. The highest BCUT2D eigenvalue weighted by molar-refractivity contribution is 7.91. The van der Waals surface area contributed by atoms with E-state index in [1.807, 2.05) is 26.8 Å². The Morgan fingerprint density at radius 2 is 2.18 bits per heavy atom. The zero-order valence-electron chi connectivity index (χ0n) is 10.5. The van der Waals surface area contributed by atoms with E-state index in [0.29, 0.717) is 12.2 Å². The summed E-state index contributed by atoms with van der Waals surface area (Å²) in [7, 11) is -2.81. The summed E-state index contributed by atoms with van der Waals surface area (Å²) in [6, 6.07) is 2.21. The lowest BCUT2D eigenvalue weighted by atomic mass is 10.1. The van der Waals surface area contributed by atoms with Crippen molar-refractivity contribution in [1.29, 1.82) is 0 Å². The molecule has 2 atom stereocenters. The quantitative estimate of drug-likeness (QED) is 0.896. The predicted molar refractivity (Wildman–Crippen MR) is 66.8 cm³/mol. The highest BCUT2D eigenvalue weighted by Gasteiger charge is 2.29. The van der Waals surface area contributed by atoms with Gasteiger partial charge in [-0.3, -0.25) is 0 Å². The van der Waals surface area contributed by atoms with Gasteiger partial charge in [0.05, 0.1) is 11.5 Å². The molecule has 1 aliphatic heterocycles. The Kier molecular flexibility index (Phi) is 3.32. The third-order valence-electron chi connectivity index (χ3n) is 3.26. The van der Waals surface area contributed by atoms with Crippen LogP contribution < -0.4 is 5.32 Å². The number of rotatable bonds is 3. The fourth-order valence-corrected chi connectivity index (χ4v) is 4.14. The standard InChI is InChI=1S/C12H19NO3S/c1-8-6-12(10(3)16-8)9(2)13-11-4-5-17(14,15)7-11/h6,9,11,13H,4-5,7H2,1-3H3. The van der Waals surface area contributed by atoms with Gasteiger partial charge in [0.1, 0.15) is 11.5 Å². The molecule has 1 aliphatic rings. The molecule has 0 aliphatic carbocycles. The van der Waals surface area contributed by atoms with Crippen molar-refractivity contribution < 1.29 is 12.8 Å². The van der Waals surface area contributed by atoms with Crippen LogP contribution in [0.5, 0.6) is 0 Å². The van der Waals surface area contributed by atoms with E-state index in [9.17, 15) is 8.42 Å². The van der Waals surface area contributed by atoms with Crippen LogP contribution in [0.15, 0.2) is 10.5 Å². The lowest BCUT2D eigenvalue weighted by Gasteiger charge is -2.17. The number of furan rings is 1. The average Bonchev–Trinajstić information content (AvgIpc) is 2.69. The van der Waals surface area contributed by atoms with Crippen molar-refractivity contribution in [2.45, 2.75) is 39.3 Å². The van der Waals surface area contributed by atoms with E-state index < -0.39 is 9.84 Å². The summed E-state index contributed by atoms with van der Waals surface area (Å²) in [6.45, 7) is 5.90. The molecule has 1 N–H and O–H groups in total. The molecule has 0 saturated carbocycles. The van der Waals surface area contributed by atoms with Gasteiger partial charge in [0.25, 0.3) is 0 Å². The second kappa shape index (κ2) is 4.46. The Morgan fingerprint density at radius 3 is 2.65 bits per heavy atom. The second-order valence-electron chi connectivity index (χ2n) is 4.86. The second-order valence-corrected chi connectivity index (χ2v) is 7.09. The Bertz CT molecular complexity index is 504. The van der Waals surface area contributed by atoms with Gasteiger partial charge in [0, 0.05) is 17.6 Å². The molecular weight excluding hydrogens is 238 g/mol. The molecule has 2 heterocycles. The van der Waals surface area contributed by atoms with Crippen molar-refractivity contribution in [2.24, 2.45) is 0 Å². The summed E-state index contributed by atoms with van der Waals surface area (Å²) in [5, 5.41) is 3.37. The minimum absolute atomic E-state index is 0.0737. The van der Waals surface area contributed by atoms with Gasteiger partial charge in [-0.05, 0) is 33.3 Å². The SMILES string of the molecule is Cc1cc(C(C)NC2CCS(=O)(=O)C2)c(C)o1. The molecule has 1 saturated heterocycles. The zero-order valence-corrected chi connectivity index (χ0v) is 11.3. The van der Waals surface area contributed by atoms with Gasteiger partial charge in [-0.2, -0.15) is 0 Å². The lowest BCUT2D eigenvalue weighted by molar-refractivity contribution is 0.464. The smallest absolute Gasteiger partial charge is 0.151 e. The van der Waals surface area contributed by atoms with Crippen LogP contribution in [-0.4, -0.2) is 26.0 Å². The summed E-state index contributed by atoms with van der Waals surface area (Å²) >= 11 is 0. The molecule has 4 nitrogen and oxygen atoms in total. The van der Waals surface area contributed by atoms with Crippen molar-refractivity contribution in [3.63, 3.8) is 0 Å². The summed E-state index contributed by atoms with van der Waals surface area (Å²) in [4.78, 5) is 0. The van der Waals surface area contributed by atoms with Gasteiger partial charge in [-0.25, -0.2) is 8.42 Å². The maximum absolute atomic E-state index is 11.4. The van der Waals surface area contributed by atoms with Crippen molar-refractivity contribution in [1.82, 2.24) is 5.32 Å². The van der Waals surface area contributed by atoms with E-state index in [1.54, 1.807) is 0 Å². The highest BCUT2D eigenvalue weighted by Crippen LogP contribution is 2.23. The van der Waals surface area contributed by atoms with E-state index in [2.05, 4.69) is 5.32 Å². The first-order chi connectivity index (χ1) is 7.87. The van der Waals surface area contributed by atoms with E-state index in [-0.39, 0.29) is 17.8 Å². The molecule has 5 heteroatoms. The molecule has 1 fully saturated rings. The third kappa shape index (κ3) is 2.90. The van der Waals surface area contributed by atoms with Gasteiger partial charge in [-0.1, -0.05) is 0 Å². The van der Waals surface area contributed by atoms with Crippen molar-refractivity contribution >= 4 is 9.84 Å². The fourth-order valence-electron chi connectivity index (χ4n) is 2.45. The molecule has 0 amide bonds. The first-order valence-electron chi connectivity index (χ1n) is 5.91. The van der Waals surface area contributed by atoms with E-state index in [4.69, 9.17) is 4.42 Å². The maximum atomic E-state index is 11.4. The predicted octanol–water partition coefficient (Wildman–Crippen LogP) is 1.73. The Morgan fingerprint density at radius 1 is 1.47 bits per heavy atom. The minimum Gasteiger partial charge on any atom is -0.466 e. The Balaban J connectivity index is 2.03. The van der Waals surface area contributed by atoms with Crippen LogP contribution in [0.3, 0.4) is 0 Å². The van der Waals surface area contributed by atoms with Crippen LogP contribution in [0.25, 0.3) is 0 Å². The average molecular weight is 257 g/mol. The molecule has 1 aromatic rings. The summed E-state index contributed by atoms with van der Waals surface area (Å²) in [5.41, 5.74) is 1.12. The van der Waals surface area contributed by atoms with E-state index in [0.717, 1.165) is 17.1 Å². The minimum atomic E-state index is -2.81. The first-order valence-corrected chi connectivity index (χ1v) is 7.73. The van der Waals surface area contributed by atoms with Crippen LogP contribution >= 0.6 is 0 Å². The van der Waals surface area contributed by atoms with Gasteiger partial charge in [0.2, 0.25) is 0 Å². The molecule has 2 rings (SSSR count). The molecule has 17 heavy (non-hydrogen) atoms. The number of sulfone groups is 1. The molecule has 0 aromatic carbocycles. The fraction of sp³-hybridized carbons (Fsp3) is 0.667. The van der Waals surface area contributed by atoms with Crippen LogP contribution in [0, 0.1) is 13.8 Å². The van der Waals surface area contributed by atoms with Crippen LogP contribution in [0.2, 0.25) is 0 Å². The number of aryl methyl sites for hydroxylation is 2. The Hall–Kier alpha value is -0.810. The Labute approximate surface area is 102 Å². The van der Waals surface area contributed by atoms with Crippen LogP contribution in [0.1, 0.15) is 36.5 Å². The molecule has 0 spiro atoms.